The maximum atomic E-state index is 12.8. The highest BCUT2D eigenvalue weighted by Gasteiger charge is 2.32. The molecule has 1 heterocycles. The van der Waals surface area contributed by atoms with Crippen LogP contribution < -0.4 is 26.4 Å². The van der Waals surface area contributed by atoms with E-state index in [-0.39, 0.29) is 41.2 Å². The number of alkyl halides is 3. The molecule has 0 bridgehead atoms. The van der Waals surface area contributed by atoms with Gasteiger partial charge in [-0.3, -0.25) is 14.5 Å². The van der Waals surface area contributed by atoms with E-state index in [0.29, 0.717) is 18.7 Å². The molecular formula is C36H43F3N6O6. The molecule has 6 N–H and O–H groups in total. The first kappa shape index (κ1) is 38.5. The quantitative estimate of drug-likeness (QED) is 0.183. The standard InChI is InChI=1S/C21H21F3N2O4.C15H22N4O2/c22-21(23,24)30-18-11-10-16(26-20(29)25-15-4-2-1-3-5-15)12-17(18)13-6-8-14(9-7-13)19(27)28;1-12(20)17-10-15(21)19-8-6-18(7-9-19)11-13-2-4-14(16)5-3-13/h6-12,15H,1-5H2,(H,27,28)(H2,25,26,29);2-5H,6-11,16H2,1H3,(H,17,20). The van der Waals surface area contributed by atoms with Gasteiger partial charge in [-0.1, -0.05) is 43.5 Å². The van der Waals surface area contributed by atoms with Gasteiger partial charge in [0.2, 0.25) is 11.8 Å². The Morgan fingerprint density at radius 3 is 2.14 bits per heavy atom. The van der Waals surface area contributed by atoms with Crippen LogP contribution in [0.2, 0.25) is 0 Å². The first-order valence-electron chi connectivity index (χ1n) is 16.7. The fourth-order valence-electron chi connectivity index (χ4n) is 5.79. The maximum absolute atomic E-state index is 12.8. The molecule has 1 saturated carbocycles. The lowest BCUT2D eigenvalue weighted by Gasteiger charge is -2.34. The number of piperazine rings is 1. The highest BCUT2D eigenvalue weighted by molar-refractivity contribution is 5.92. The van der Waals surface area contributed by atoms with E-state index in [1.807, 2.05) is 24.3 Å². The van der Waals surface area contributed by atoms with Crippen LogP contribution in [0.1, 0.15) is 54.9 Å². The molecule has 0 radical (unpaired) electrons. The summed E-state index contributed by atoms with van der Waals surface area (Å²) in [4.78, 5) is 50.1. The summed E-state index contributed by atoms with van der Waals surface area (Å²) in [6, 6.07) is 16.6. The Morgan fingerprint density at radius 1 is 0.902 bits per heavy atom. The number of nitrogens with zero attached hydrogens (tertiary/aromatic N) is 2. The average molecular weight is 713 g/mol. The van der Waals surface area contributed by atoms with Gasteiger partial charge in [-0.15, -0.1) is 13.2 Å². The number of ether oxygens (including phenoxy) is 1. The van der Waals surface area contributed by atoms with E-state index in [1.165, 1.54) is 48.9 Å². The molecule has 15 heteroatoms. The Kier molecular flexibility index (Phi) is 13.6. The van der Waals surface area contributed by atoms with Crippen LogP contribution in [0.15, 0.2) is 66.7 Å². The van der Waals surface area contributed by atoms with Gasteiger partial charge in [0.15, 0.2) is 0 Å². The average Bonchev–Trinajstić information content (AvgIpc) is 3.09. The summed E-state index contributed by atoms with van der Waals surface area (Å²) in [7, 11) is 0. The third-order valence-corrected chi connectivity index (χ3v) is 8.45. The lowest BCUT2D eigenvalue weighted by molar-refractivity contribution is -0.274. The zero-order valence-electron chi connectivity index (χ0n) is 28.3. The van der Waals surface area contributed by atoms with E-state index in [1.54, 1.807) is 4.90 Å². The van der Waals surface area contributed by atoms with Crippen molar-refractivity contribution in [1.29, 1.82) is 0 Å². The molecule has 4 amide bonds. The number of carboxylic acids is 1. The summed E-state index contributed by atoms with van der Waals surface area (Å²) in [5.41, 5.74) is 8.34. The van der Waals surface area contributed by atoms with Crippen molar-refractivity contribution < 1.29 is 42.2 Å². The van der Waals surface area contributed by atoms with Crippen LogP contribution in [0, 0.1) is 0 Å². The number of nitrogen functional groups attached to an aromatic ring is 1. The Hall–Kier alpha value is -5.31. The first-order valence-corrected chi connectivity index (χ1v) is 16.7. The number of aromatic carboxylic acids is 1. The number of rotatable bonds is 9. The number of urea groups is 1. The molecule has 12 nitrogen and oxygen atoms in total. The SMILES string of the molecule is CC(=O)NCC(=O)N1CCN(Cc2ccc(N)cc2)CC1.O=C(Nc1ccc(OC(F)(F)F)c(-c2ccc(C(=O)O)cc2)c1)NC1CCCCC1. The smallest absolute Gasteiger partial charge is 0.478 e. The molecule has 0 unspecified atom stereocenters. The second-order valence-corrected chi connectivity index (χ2v) is 12.4. The van der Waals surface area contributed by atoms with E-state index >= 15 is 0 Å². The molecular weight excluding hydrogens is 669 g/mol. The zero-order valence-corrected chi connectivity index (χ0v) is 28.3. The van der Waals surface area contributed by atoms with E-state index < -0.39 is 24.1 Å². The number of carbonyl (C=O) groups excluding carboxylic acids is 3. The van der Waals surface area contributed by atoms with E-state index in [2.05, 4.69) is 25.6 Å². The van der Waals surface area contributed by atoms with Gasteiger partial charge in [0.25, 0.3) is 0 Å². The van der Waals surface area contributed by atoms with E-state index in [0.717, 1.165) is 63.5 Å². The van der Waals surface area contributed by atoms with Crippen LogP contribution in [0.5, 0.6) is 5.75 Å². The molecule has 1 saturated heterocycles. The summed E-state index contributed by atoms with van der Waals surface area (Å²) in [6.07, 6.45) is 0.128. The second kappa shape index (κ2) is 18.1. The zero-order chi connectivity index (χ0) is 37.0. The molecule has 2 aliphatic rings. The number of nitrogens with two attached hydrogens (primary N) is 1. The van der Waals surface area contributed by atoms with Gasteiger partial charge in [0.1, 0.15) is 5.75 Å². The maximum Gasteiger partial charge on any atom is 0.573 e. The number of hydrogen-bond donors (Lipinski definition) is 5. The summed E-state index contributed by atoms with van der Waals surface area (Å²) < 4.78 is 42.5. The molecule has 0 aromatic heterocycles. The Bertz CT molecular complexity index is 1640. The molecule has 0 atom stereocenters. The summed E-state index contributed by atoms with van der Waals surface area (Å²) in [5.74, 6) is -1.80. The normalized spacial score (nSPS) is 15.2. The fourth-order valence-corrected chi connectivity index (χ4v) is 5.79. The van der Waals surface area contributed by atoms with Crippen molar-refractivity contribution in [3.05, 3.63) is 77.9 Å². The van der Waals surface area contributed by atoms with Crippen molar-refractivity contribution in [2.24, 2.45) is 0 Å². The Balaban J connectivity index is 0.000000244. The minimum atomic E-state index is -4.90. The van der Waals surface area contributed by atoms with Crippen LogP contribution in [0.3, 0.4) is 0 Å². The summed E-state index contributed by atoms with van der Waals surface area (Å²) >= 11 is 0. The van der Waals surface area contributed by atoms with Crippen LogP contribution >= 0.6 is 0 Å². The van der Waals surface area contributed by atoms with Crippen molar-refractivity contribution in [2.75, 3.05) is 43.8 Å². The molecule has 5 rings (SSSR count). The van der Waals surface area contributed by atoms with Crippen molar-refractivity contribution >= 4 is 35.2 Å². The number of amides is 4. The highest BCUT2D eigenvalue weighted by atomic mass is 19.4. The molecule has 3 aromatic carbocycles. The number of carbonyl (C=O) groups is 4. The van der Waals surface area contributed by atoms with Crippen LogP contribution in [-0.2, 0) is 16.1 Å². The van der Waals surface area contributed by atoms with Crippen LogP contribution in [0.25, 0.3) is 11.1 Å². The number of hydrogen-bond acceptors (Lipinski definition) is 7. The van der Waals surface area contributed by atoms with Crippen molar-refractivity contribution in [2.45, 2.75) is 58.0 Å². The first-order chi connectivity index (χ1) is 24.3. The largest absolute Gasteiger partial charge is 0.573 e. The predicted molar refractivity (Wildman–Crippen MR) is 186 cm³/mol. The number of benzene rings is 3. The van der Waals surface area contributed by atoms with Gasteiger partial charge < -0.3 is 36.4 Å². The third kappa shape index (κ3) is 12.8. The van der Waals surface area contributed by atoms with Gasteiger partial charge in [-0.05, 0) is 66.4 Å². The van der Waals surface area contributed by atoms with Gasteiger partial charge >= 0.3 is 18.4 Å². The third-order valence-electron chi connectivity index (χ3n) is 8.45. The number of halogens is 3. The molecule has 0 spiro atoms. The van der Waals surface area contributed by atoms with E-state index in [9.17, 15) is 32.3 Å². The Labute approximate surface area is 294 Å². The number of carboxylic acid groups (broad SMARTS) is 1. The van der Waals surface area contributed by atoms with Crippen LogP contribution in [0.4, 0.5) is 29.3 Å². The van der Waals surface area contributed by atoms with Crippen molar-refractivity contribution in [1.82, 2.24) is 20.4 Å². The van der Waals surface area contributed by atoms with Gasteiger partial charge in [-0.2, -0.15) is 0 Å². The van der Waals surface area contributed by atoms with Crippen molar-refractivity contribution in [3.63, 3.8) is 0 Å². The molecule has 1 aliphatic heterocycles. The minimum absolute atomic E-state index is 0.00169. The predicted octanol–water partition coefficient (Wildman–Crippen LogP) is 5.45. The van der Waals surface area contributed by atoms with Gasteiger partial charge in [0, 0.05) is 62.6 Å². The molecule has 3 aromatic rings. The lowest BCUT2D eigenvalue weighted by Crippen LogP contribution is -2.50. The fraction of sp³-hybridized carbons (Fsp3) is 0.389. The van der Waals surface area contributed by atoms with Gasteiger partial charge in [-0.25, -0.2) is 9.59 Å². The van der Waals surface area contributed by atoms with E-state index in [4.69, 9.17) is 10.8 Å². The molecule has 274 valence electrons. The van der Waals surface area contributed by atoms with Crippen LogP contribution in [-0.4, -0.2) is 83.8 Å². The second-order valence-electron chi connectivity index (χ2n) is 12.4. The van der Waals surface area contributed by atoms with Crippen molar-refractivity contribution in [3.8, 4) is 16.9 Å². The Morgan fingerprint density at radius 2 is 1.55 bits per heavy atom. The summed E-state index contributed by atoms with van der Waals surface area (Å²) in [5, 5.41) is 17.1. The topological polar surface area (TPSA) is 166 Å². The number of anilines is 2. The highest BCUT2D eigenvalue weighted by Crippen LogP contribution is 2.36. The molecule has 51 heavy (non-hydrogen) atoms. The van der Waals surface area contributed by atoms with Gasteiger partial charge in [0.05, 0.1) is 12.1 Å². The number of nitrogens with one attached hydrogen (secondary N) is 3. The minimum Gasteiger partial charge on any atom is -0.478 e. The molecule has 1 aliphatic carbocycles. The summed E-state index contributed by atoms with van der Waals surface area (Å²) in [6.45, 7) is 5.46. The lowest BCUT2D eigenvalue weighted by atomic mass is 9.96. The monoisotopic (exact) mass is 712 g/mol. The molecule has 2 fully saturated rings.